The Balaban J connectivity index is 1.69. The van der Waals surface area contributed by atoms with Crippen LogP contribution in [0.3, 0.4) is 0 Å². The molecule has 1 aromatic heterocycles. The molecule has 0 aliphatic carbocycles. The molecule has 1 amide bonds. The average molecular weight is 468 g/mol. The largest absolute Gasteiger partial charge is 0.476 e. The quantitative estimate of drug-likeness (QED) is 0.368. The number of hydrogen-bond acceptors (Lipinski definition) is 4. The molecule has 0 fully saturated rings. The van der Waals surface area contributed by atoms with E-state index in [0.29, 0.717) is 32.3 Å². The maximum atomic E-state index is 13.2. The highest BCUT2D eigenvalue weighted by Crippen LogP contribution is 2.32. The maximum absolute atomic E-state index is 13.2. The van der Waals surface area contributed by atoms with E-state index in [1.165, 1.54) is 0 Å². The molecule has 0 radical (unpaired) electrons. The highest BCUT2D eigenvalue weighted by molar-refractivity contribution is 6.31. The third-order valence-corrected chi connectivity index (χ3v) is 5.42. The van der Waals surface area contributed by atoms with Crippen molar-refractivity contribution >= 4 is 45.8 Å². The standard InChI is InChI=1S/C25H19Cl2NO4/c1-14-3-10-19-21(11-14)32-24(16-5-8-17(26)9-6-16)25(23(19)30)31-13-22(29)28-20-12-18(27)7-4-15(20)2/h3-12H,13H2,1-2H3,(H,28,29). The van der Waals surface area contributed by atoms with E-state index in [1.54, 1.807) is 54.6 Å². The minimum atomic E-state index is -0.430. The fraction of sp³-hybridized carbons (Fsp3) is 0.120. The van der Waals surface area contributed by atoms with Crippen LogP contribution in [0.25, 0.3) is 22.3 Å². The summed E-state index contributed by atoms with van der Waals surface area (Å²) in [6.45, 7) is 3.38. The van der Waals surface area contributed by atoms with Gasteiger partial charge in [-0.25, -0.2) is 0 Å². The van der Waals surface area contributed by atoms with E-state index in [1.807, 2.05) is 19.9 Å². The van der Waals surface area contributed by atoms with Gasteiger partial charge in [0.05, 0.1) is 5.39 Å². The van der Waals surface area contributed by atoms with Crippen molar-refractivity contribution in [1.29, 1.82) is 0 Å². The highest BCUT2D eigenvalue weighted by Gasteiger charge is 2.19. The molecule has 4 aromatic rings. The fourth-order valence-electron chi connectivity index (χ4n) is 3.26. The van der Waals surface area contributed by atoms with Crippen LogP contribution in [0.5, 0.6) is 5.75 Å². The van der Waals surface area contributed by atoms with Gasteiger partial charge in [-0.05, 0) is 73.5 Å². The second-order valence-corrected chi connectivity index (χ2v) is 8.26. The van der Waals surface area contributed by atoms with Crippen molar-refractivity contribution in [3.63, 3.8) is 0 Å². The van der Waals surface area contributed by atoms with Crippen molar-refractivity contribution in [2.75, 3.05) is 11.9 Å². The predicted octanol–water partition coefficient (Wildman–Crippen LogP) is 6.40. The van der Waals surface area contributed by atoms with Crippen molar-refractivity contribution in [3.8, 4) is 17.1 Å². The van der Waals surface area contributed by atoms with Gasteiger partial charge in [0.15, 0.2) is 12.4 Å². The molecule has 162 valence electrons. The number of nitrogens with one attached hydrogen (secondary N) is 1. The van der Waals surface area contributed by atoms with Gasteiger partial charge in [-0.1, -0.05) is 35.3 Å². The van der Waals surface area contributed by atoms with Crippen molar-refractivity contribution in [1.82, 2.24) is 0 Å². The van der Waals surface area contributed by atoms with E-state index in [4.69, 9.17) is 32.4 Å². The van der Waals surface area contributed by atoms with Crippen molar-refractivity contribution in [2.24, 2.45) is 0 Å². The smallest absolute Gasteiger partial charge is 0.262 e. The Morgan fingerprint density at radius 2 is 1.69 bits per heavy atom. The SMILES string of the molecule is Cc1ccc2c(=O)c(OCC(=O)Nc3cc(Cl)ccc3C)c(-c3ccc(Cl)cc3)oc2c1. The lowest BCUT2D eigenvalue weighted by atomic mass is 10.1. The van der Waals surface area contributed by atoms with Gasteiger partial charge in [-0.2, -0.15) is 0 Å². The van der Waals surface area contributed by atoms with Gasteiger partial charge in [-0.15, -0.1) is 0 Å². The van der Waals surface area contributed by atoms with Gasteiger partial charge < -0.3 is 14.5 Å². The van der Waals surface area contributed by atoms with Crippen LogP contribution in [-0.2, 0) is 4.79 Å². The number of carbonyl (C=O) groups is 1. The van der Waals surface area contributed by atoms with Gasteiger partial charge in [0.2, 0.25) is 11.2 Å². The van der Waals surface area contributed by atoms with Gasteiger partial charge in [0.25, 0.3) is 5.91 Å². The van der Waals surface area contributed by atoms with E-state index in [0.717, 1.165) is 11.1 Å². The molecule has 3 aromatic carbocycles. The van der Waals surface area contributed by atoms with Crippen molar-refractivity contribution < 1.29 is 13.9 Å². The van der Waals surface area contributed by atoms with E-state index in [9.17, 15) is 9.59 Å². The molecule has 0 spiro atoms. The van der Waals surface area contributed by atoms with Crippen LogP contribution in [0.1, 0.15) is 11.1 Å². The van der Waals surface area contributed by atoms with Crippen molar-refractivity contribution in [3.05, 3.63) is 92.1 Å². The van der Waals surface area contributed by atoms with Gasteiger partial charge in [0.1, 0.15) is 5.58 Å². The molecule has 0 aliphatic heterocycles. The molecular formula is C25H19Cl2NO4. The zero-order valence-corrected chi connectivity index (χ0v) is 18.9. The third kappa shape index (κ3) is 4.64. The Kier molecular flexibility index (Phi) is 6.21. The van der Waals surface area contributed by atoms with E-state index >= 15 is 0 Å². The lowest BCUT2D eigenvalue weighted by Crippen LogP contribution is -2.23. The number of rotatable bonds is 5. The minimum absolute atomic E-state index is 0.0401. The van der Waals surface area contributed by atoms with E-state index in [-0.39, 0.29) is 23.5 Å². The van der Waals surface area contributed by atoms with Crippen molar-refractivity contribution in [2.45, 2.75) is 13.8 Å². The molecule has 32 heavy (non-hydrogen) atoms. The molecule has 5 nitrogen and oxygen atoms in total. The monoisotopic (exact) mass is 467 g/mol. The minimum Gasteiger partial charge on any atom is -0.476 e. The molecule has 0 saturated heterocycles. The summed E-state index contributed by atoms with van der Waals surface area (Å²) in [6, 6.07) is 17.3. The number of carbonyl (C=O) groups excluding carboxylic acids is 1. The molecule has 7 heteroatoms. The van der Waals surface area contributed by atoms with Crippen LogP contribution in [0, 0.1) is 13.8 Å². The number of aryl methyl sites for hydroxylation is 2. The first-order valence-corrected chi connectivity index (χ1v) is 10.6. The van der Waals surface area contributed by atoms with Gasteiger partial charge >= 0.3 is 0 Å². The first-order chi connectivity index (χ1) is 15.3. The summed E-state index contributed by atoms with van der Waals surface area (Å²) in [5.41, 5.74) is 3.06. The van der Waals surface area contributed by atoms with Crippen LogP contribution < -0.4 is 15.5 Å². The number of fused-ring (bicyclic) bond motifs is 1. The average Bonchev–Trinajstić information content (AvgIpc) is 2.76. The summed E-state index contributed by atoms with van der Waals surface area (Å²) in [5, 5.41) is 4.17. The van der Waals surface area contributed by atoms with E-state index in [2.05, 4.69) is 5.32 Å². The molecule has 0 unspecified atom stereocenters. The topological polar surface area (TPSA) is 68.5 Å². The van der Waals surface area contributed by atoms with Gasteiger partial charge in [0, 0.05) is 21.3 Å². The second kappa shape index (κ2) is 9.07. The summed E-state index contributed by atoms with van der Waals surface area (Å²) in [6.07, 6.45) is 0. The fourth-order valence-corrected chi connectivity index (χ4v) is 3.56. The zero-order chi connectivity index (χ0) is 22.8. The lowest BCUT2D eigenvalue weighted by Gasteiger charge is -2.13. The number of halogens is 2. The number of amides is 1. The normalized spacial score (nSPS) is 10.9. The Morgan fingerprint density at radius 3 is 2.44 bits per heavy atom. The van der Waals surface area contributed by atoms with Crippen LogP contribution >= 0.6 is 23.2 Å². The summed E-state index contributed by atoms with van der Waals surface area (Å²) < 4.78 is 11.8. The number of benzene rings is 3. The maximum Gasteiger partial charge on any atom is 0.262 e. The molecule has 0 aliphatic rings. The summed E-state index contributed by atoms with van der Waals surface area (Å²) in [7, 11) is 0. The first kappa shape index (κ1) is 21.9. The number of hydrogen-bond donors (Lipinski definition) is 1. The molecular weight excluding hydrogens is 449 g/mol. The molecule has 0 atom stereocenters. The summed E-state index contributed by atoms with van der Waals surface area (Å²) in [5.74, 6) is -0.237. The Hall–Kier alpha value is -3.28. The molecule has 1 N–H and O–H groups in total. The molecule has 0 bridgehead atoms. The van der Waals surface area contributed by atoms with Crippen LogP contribution in [0.2, 0.25) is 10.0 Å². The van der Waals surface area contributed by atoms with Gasteiger partial charge in [-0.3, -0.25) is 9.59 Å². The van der Waals surface area contributed by atoms with Crippen LogP contribution in [-0.4, -0.2) is 12.5 Å². The molecule has 1 heterocycles. The van der Waals surface area contributed by atoms with Crippen LogP contribution in [0.4, 0.5) is 5.69 Å². The second-order valence-electron chi connectivity index (χ2n) is 7.39. The zero-order valence-electron chi connectivity index (χ0n) is 17.4. The molecule has 4 rings (SSSR count). The Morgan fingerprint density at radius 1 is 0.969 bits per heavy atom. The third-order valence-electron chi connectivity index (χ3n) is 4.93. The predicted molar refractivity (Wildman–Crippen MR) is 128 cm³/mol. The molecule has 0 saturated carbocycles. The summed E-state index contributed by atoms with van der Waals surface area (Å²) >= 11 is 12.0. The highest BCUT2D eigenvalue weighted by atomic mass is 35.5. The first-order valence-electron chi connectivity index (χ1n) is 9.84. The summed E-state index contributed by atoms with van der Waals surface area (Å²) in [4.78, 5) is 25.7. The van der Waals surface area contributed by atoms with E-state index < -0.39 is 5.91 Å². The lowest BCUT2D eigenvalue weighted by molar-refractivity contribution is -0.118. The Labute approximate surface area is 194 Å². The number of anilines is 1. The number of ether oxygens (including phenoxy) is 1. The van der Waals surface area contributed by atoms with Crippen LogP contribution in [0.15, 0.2) is 69.9 Å². The Bertz CT molecular complexity index is 1380.